The Hall–Kier alpha value is -1.69. The van der Waals surface area contributed by atoms with Crippen molar-refractivity contribution in [1.29, 1.82) is 0 Å². The fourth-order valence-electron chi connectivity index (χ4n) is 3.26. The summed E-state index contributed by atoms with van der Waals surface area (Å²) in [5.41, 5.74) is -0.542. The fourth-order valence-corrected chi connectivity index (χ4v) is 4.16. The van der Waals surface area contributed by atoms with E-state index in [2.05, 4.69) is 0 Å². The Morgan fingerprint density at radius 3 is 2.60 bits per heavy atom. The molecule has 1 N–H and O–H groups in total. The molecule has 0 unspecified atom stereocenters. The molecule has 2 heterocycles. The van der Waals surface area contributed by atoms with E-state index >= 15 is 0 Å². The molecule has 1 saturated carbocycles. The van der Waals surface area contributed by atoms with Crippen LogP contribution >= 0.6 is 11.3 Å². The predicted molar refractivity (Wildman–Crippen MR) is 73.9 cm³/mol. The SMILES string of the molecule is O=C(O)c1ccsc1N1C(=O)CC2(CCCCC2)C1=O. The second-order valence-corrected chi connectivity index (χ2v) is 6.39. The number of thiophene rings is 1. The molecule has 2 amide bonds. The summed E-state index contributed by atoms with van der Waals surface area (Å²) < 4.78 is 0. The molecule has 1 saturated heterocycles. The molecule has 0 aromatic carbocycles. The third-order valence-electron chi connectivity index (χ3n) is 4.28. The van der Waals surface area contributed by atoms with Crippen molar-refractivity contribution in [3.05, 3.63) is 17.0 Å². The Kier molecular flexibility index (Phi) is 3.12. The number of aromatic carboxylic acids is 1. The van der Waals surface area contributed by atoms with Crippen molar-refractivity contribution in [2.45, 2.75) is 38.5 Å². The van der Waals surface area contributed by atoms with Crippen molar-refractivity contribution in [2.24, 2.45) is 5.41 Å². The summed E-state index contributed by atoms with van der Waals surface area (Å²) in [6.07, 6.45) is 4.72. The molecule has 2 aliphatic rings. The van der Waals surface area contributed by atoms with Crippen molar-refractivity contribution < 1.29 is 19.5 Å². The van der Waals surface area contributed by atoms with Gasteiger partial charge in [-0.05, 0) is 24.3 Å². The number of carboxylic acid groups (broad SMARTS) is 1. The van der Waals surface area contributed by atoms with Crippen LogP contribution in [0.4, 0.5) is 5.00 Å². The lowest BCUT2D eigenvalue weighted by molar-refractivity contribution is -0.127. The lowest BCUT2D eigenvalue weighted by Gasteiger charge is -2.30. The van der Waals surface area contributed by atoms with Crippen LogP contribution in [0.3, 0.4) is 0 Å². The Bertz CT molecular complexity index is 586. The van der Waals surface area contributed by atoms with E-state index in [1.165, 1.54) is 6.07 Å². The second-order valence-electron chi connectivity index (χ2n) is 5.50. The van der Waals surface area contributed by atoms with Gasteiger partial charge in [0.2, 0.25) is 11.8 Å². The normalized spacial score (nSPS) is 21.7. The molecule has 106 valence electrons. The summed E-state index contributed by atoms with van der Waals surface area (Å²) in [6.45, 7) is 0. The highest BCUT2D eigenvalue weighted by atomic mass is 32.1. The van der Waals surface area contributed by atoms with Crippen LogP contribution in [0.25, 0.3) is 0 Å². The highest BCUT2D eigenvalue weighted by molar-refractivity contribution is 7.15. The molecule has 1 aromatic heterocycles. The van der Waals surface area contributed by atoms with Crippen molar-refractivity contribution >= 4 is 34.1 Å². The molecule has 0 radical (unpaired) electrons. The molecular weight excluding hydrogens is 278 g/mol. The zero-order valence-corrected chi connectivity index (χ0v) is 11.7. The number of rotatable bonds is 2. The van der Waals surface area contributed by atoms with E-state index in [9.17, 15) is 14.4 Å². The summed E-state index contributed by atoms with van der Waals surface area (Å²) in [7, 11) is 0. The smallest absolute Gasteiger partial charge is 0.338 e. The fraction of sp³-hybridized carbons (Fsp3) is 0.500. The minimum absolute atomic E-state index is 0.0320. The number of carboxylic acids is 1. The van der Waals surface area contributed by atoms with Gasteiger partial charge in [-0.25, -0.2) is 9.69 Å². The third kappa shape index (κ3) is 1.86. The standard InChI is InChI=1S/C14H15NO4S/c16-10-8-14(5-2-1-3-6-14)13(19)15(10)11-9(12(17)18)4-7-20-11/h4,7H,1-3,5-6,8H2,(H,17,18). The van der Waals surface area contributed by atoms with Crippen molar-refractivity contribution in [2.75, 3.05) is 4.90 Å². The maximum Gasteiger partial charge on any atom is 0.338 e. The maximum absolute atomic E-state index is 12.7. The van der Waals surface area contributed by atoms with Crippen molar-refractivity contribution in [3.8, 4) is 0 Å². The first-order valence-corrected chi connectivity index (χ1v) is 7.61. The van der Waals surface area contributed by atoms with Gasteiger partial charge in [-0.2, -0.15) is 0 Å². The Morgan fingerprint density at radius 2 is 1.95 bits per heavy atom. The number of anilines is 1. The van der Waals surface area contributed by atoms with Crippen LogP contribution in [0.15, 0.2) is 11.4 Å². The molecule has 0 bridgehead atoms. The van der Waals surface area contributed by atoms with E-state index in [-0.39, 0.29) is 28.8 Å². The number of nitrogens with zero attached hydrogens (tertiary/aromatic N) is 1. The van der Waals surface area contributed by atoms with Crippen LogP contribution in [-0.4, -0.2) is 22.9 Å². The average molecular weight is 293 g/mol. The minimum Gasteiger partial charge on any atom is -0.478 e. The van der Waals surface area contributed by atoms with E-state index in [0.717, 1.165) is 48.3 Å². The largest absolute Gasteiger partial charge is 0.478 e. The number of amides is 2. The molecule has 1 aliphatic carbocycles. The first-order chi connectivity index (χ1) is 9.55. The quantitative estimate of drug-likeness (QED) is 0.851. The zero-order chi connectivity index (χ0) is 14.3. The molecule has 20 heavy (non-hydrogen) atoms. The van der Waals surface area contributed by atoms with Crippen molar-refractivity contribution in [1.82, 2.24) is 0 Å². The Morgan fingerprint density at radius 1 is 1.25 bits per heavy atom. The average Bonchev–Trinajstić information content (AvgIpc) is 2.96. The van der Waals surface area contributed by atoms with Crippen molar-refractivity contribution in [3.63, 3.8) is 0 Å². The highest BCUT2D eigenvalue weighted by Gasteiger charge is 2.52. The van der Waals surface area contributed by atoms with Gasteiger partial charge in [0.05, 0.1) is 11.0 Å². The van der Waals surface area contributed by atoms with Gasteiger partial charge in [0, 0.05) is 6.42 Å². The predicted octanol–water partition coefficient (Wildman–Crippen LogP) is 2.66. The van der Waals surface area contributed by atoms with Crippen LogP contribution in [0.2, 0.25) is 0 Å². The summed E-state index contributed by atoms with van der Waals surface area (Å²) in [5.74, 6) is -1.57. The summed E-state index contributed by atoms with van der Waals surface area (Å²) in [4.78, 5) is 37.2. The van der Waals surface area contributed by atoms with Gasteiger partial charge < -0.3 is 5.11 Å². The van der Waals surface area contributed by atoms with Crippen LogP contribution in [0.5, 0.6) is 0 Å². The number of carbonyl (C=O) groups is 3. The van der Waals surface area contributed by atoms with E-state index in [1.807, 2.05) is 0 Å². The number of hydrogen-bond acceptors (Lipinski definition) is 4. The first-order valence-electron chi connectivity index (χ1n) is 6.73. The molecule has 1 spiro atoms. The topological polar surface area (TPSA) is 74.7 Å². The highest BCUT2D eigenvalue weighted by Crippen LogP contribution is 2.47. The van der Waals surface area contributed by atoms with Gasteiger partial charge in [-0.1, -0.05) is 19.3 Å². The molecule has 1 aromatic rings. The van der Waals surface area contributed by atoms with E-state index < -0.39 is 11.4 Å². The zero-order valence-electron chi connectivity index (χ0n) is 10.9. The van der Waals surface area contributed by atoms with Gasteiger partial charge in [0.15, 0.2) is 0 Å². The molecule has 0 atom stereocenters. The van der Waals surface area contributed by atoms with Gasteiger partial charge in [-0.15, -0.1) is 11.3 Å². The van der Waals surface area contributed by atoms with Gasteiger partial charge in [-0.3, -0.25) is 9.59 Å². The molecular formula is C14H15NO4S. The van der Waals surface area contributed by atoms with Gasteiger partial charge in [0.1, 0.15) is 5.00 Å². The number of hydrogen-bond donors (Lipinski definition) is 1. The lowest BCUT2D eigenvalue weighted by atomic mass is 9.73. The maximum atomic E-state index is 12.7. The monoisotopic (exact) mass is 293 g/mol. The van der Waals surface area contributed by atoms with Gasteiger partial charge in [0.25, 0.3) is 0 Å². The summed E-state index contributed by atoms with van der Waals surface area (Å²) in [5, 5.41) is 11.0. The molecule has 1 aliphatic heterocycles. The molecule has 2 fully saturated rings. The molecule has 6 heteroatoms. The Balaban J connectivity index is 1.98. The van der Waals surface area contributed by atoms with Gasteiger partial charge >= 0.3 is 5.97 Å². The third-order valence-corrected chi connectivity index (χ3v) is 5.18. The second kappa shape index (κ2) is 4.70. The first kappa shape index (κ1) is 13.3. The van der Waals surface area contributed by atoms with Crippen LogP contribution in [0.1, 0.15) is 48.9 Å². The van der Waals surface area contributed by atoms with Crippen LogP contribution < -0.4 is 4.90 Å². The number of imide groups is 1. The van der Waals surface area contributed by atoms with E-state index in [4.69, 9.17) is 5.11 Å². The molecule has 5 nitrogen and oxygen atoms in total. The van der Waals surface area contributed by atoms with Crippen LogP contribution in [0, 0.1) is 5.41 Å². The minimum atomic E-state index is -1.11. The summed E-state index contributed by atoms with van der Waals surface area (Å²) >= 11 is 1.13. The van der Waals surface area contributed by atoms with E-state index in [1.54, 1.807) is 5.38 Å². The Labute approximate surface area is 120 Å². The van der Waals surface area contributed by atoms with E-state index in [0.29, 0.717) is 0 Å². The lowest BCUT2D eigenvalue weighted by Crippen LogP contribution is -2.37. The van der Waals surface area contributed by atoms with Crippen LogP contribution in [-0.2, 0) is 9.59 Å². The molecule has 3 rings (SSSR count). The number of carbonyl (C=O) groups excluding carboxylic acids is 2. The summed E-state index contributed by atoms with van der Waals surface area (Å²) in [6, 6.07) is 1.44.